The van der Waals surface area contributed by atoms with Crippen molar-refractivity contribution in [1.82, 2.24) is 4.90 Å². The van der Waals surface area contributed by atoms with Crippen molar-refractivity contribution in [3.8, 4) is 0 Å². The highest BCUT2D eigenvalue weighted by atomic mass is 15.3. The number of guanidine groups is 1. The summed E-state index contributed by atoms with van der Waals surface area (Å²) < 4.78 is 0. The first-order chi connectivity index (χ1) is 8.18. The first-order valence-corrected chi connectivity index (χ1v) is 7.24. The van der Waals surface area contributed by atoms with E-state index in [1.54, 1.807) is 0 Å². The van der Waals surface area contributed by atoms with Gasteiger partial charge in [-0.25, -0.2) is 4.99 Å². The second-order valence-electron chi connectivity index (χ2n) is 5.87. The van der Waals surface area contributed by atoms with Crippen LogP contribution in [0.25, 0.3) is 0 Å². The Bertz CT molecular complexity index is 269. The smallest absolute Gasteiger partial charge is 0.191 e. The van der Waals surface area contributed by atoms with Crippen LogP contribution in [0.15, 0.2) is 4.99 Å². The van der Waals surface area contributed by atoms with Gasteiger partial charge in [-0.2, -0.15) is 0 Å². The lowest BCUT2D eigenvalue weighted by Crippen LogP contribution is -2.46. The van der Waals surface area contributed by atoms with Gasteiger partial charge in [0.2, 0.25) is 0 Å². The van der Waals surface area contributed by atoms with Gasteiger partial charge in [-0.1, -0.05) is 32.6 Å². The maximum absolute atomic E-state index is 6.17. The Morgan fingerprint density at radius 3 is 2.29 bits per heavy atom. The predicted molar refractivity (Wildman–Crippen MR) is 73.1 cm³/mol. The molecule has 2 aliphatic rings. The van der Waals surface area contributed by atoms with Gasteiger partial charge >= 0.3 is 0 Å². The van der Waals surface area contributed by atoms with Gasteiger partial charge < -0.3 is 10.6 Å². The van der Waals surface area contributed by atoms with Crippen LogP contribution in [0.3, 0.4) is 0 Å². The van der Waals surface area contributed by atoms with Crippen LogP contribution in [0, 0.1) is 5.92 Å². The maximum atomic E-state index is 6.17. The minimum atomic E-state index is 0.497. The monoisotopic (exact) mass is 237 g/mol. The van der Waals surface area contributed by atoms with Gasteiger partial charge in [0.25, 0.3) is 0 Å². The van der Waals surface area contributed by atoms with E-state index in [0.29, 0.717) is 12.1 Å². The van der Waals surface area contributed by atoms with Gasteiger partial charge in [0.05, 0.1) is 6.04 Å². The molecule has 2 unspecified atom stereocenters. The molecule has 2 fully saturated rings. The molecule has 0 amide bonds. The second kappa shape index (κ2) is 5.74. The quantitative estimate of drug-likeness (QED) is 0.592. The summed E-state index contributed by atoms with van der Waals surface area (Å²) in [6, 6.07) is 1.10. The summed E-state index contributed by atoms with van der Waals surface area (Å²) in [5.41, 5.74) is 6.17. The van der Waals surface area contributed by atoms with Crippen LogP contribution < -0.4 is 5.73 Å². The lowest BCUT2D eigenvalue weighted by atomic mass is 9.85. The van der Waals surface area contributed by atoms with Crippen LogP contribution in [-0.4, -0.2) is 30.0 Å². The Morgan fingerprint density at radius 1 is 1.06 bits per heavy atom. The Kier molecular flexibility index (Phi) is 4.30. The number of aliphatic imine (C=N–C) groups is 1. The predicted octanol–water partition coefficient (Wildman–Crippen LogP) is 2.75. The molecular formula is C14H27N3. The summed E-state index contributed by atoms with van der Waals surface area (Å²) in [6.07, 6.45) is 10.4. The van der Waals surface area contributed by atoms with E-state index < -0.39 is 0 Å². The van der Waals surface area contributed by atoms with Crippen LogP contribution in [0.1, 0.15) is 58.3 Å². The fraction of sp³-hybridized carbons (Fsp3) is 0.929. The van der Waals surface area contributed by atoms with Crippen LogP contribution >= 0.6 is 0 Å². The maximum Gasteiger partial charge on any atom is 0.191 e. The Morgan fingerprint density at radius 2 is 1.65 bits per heavy atom. The normalized spacial score (nSPS) is 31.8. The molecule has 2 N–H and O–H groups in total. The number of nitrogens with two attached hydrogens (primary N) is 1. The van der Waals surface area contributed by atoms with Crippen molar-refractivity contribution in [3.63, 3.8) is 0 Å². The molecule has 0 saturated heterocycles. The highest BCUT2D eigenvalue weighted by Gasteiger charge is 2.26. The van der Waals surface area contributed by atoms with E-state index in [1.165, 1.54) is 51.4 Å². The minimum absolute atomic E-state index is 0.497. The van der Waals surface area contributed by atoms with Gasteiger partial charge in [0.1, 0.15) is 0 Å². The molecule has 98 valence electrons. The van der Waals surface area contributed by atoms with E-state index in [9.17, 15) is 0 Å². The third-order valence-electron chi connectivity index (χ3n) is 4.56. The molecule has 3 heteroatoms. The summed E-state index contributed by atoms with van der Waals surface area (Å²) in [6.45, 7) is 2.35. The van der Waals surface area contributed by atoms with Gasteiger partial charge in [0.15, 0.2) is 5.96 Å². The summed E-state index contributed by atoms with van der Waals surface area (Å²) in [5.74, 6) is 1.53. The molecule has 2 aliphatic carbocycles. The first-order valence-electron chi connectivity index (χ1n) is 7.24. The van der Waals surface area contributed by atoms with Crippen LogP contribution in [0.5, 0.6) is 0 Å². The summed E-state index contributed by atoms with van der Waals surface area (Å²) >= 11 is 0. The van der Waals surface area contributed by atoms with Crippen molar-refractivity contribution in [1.29, 1.82) is 0 Å². The van der Waals surface area contributed by atoms with Crippen LogP contribution in [0.2, 0.25) is 0 Å². The minimum Gasteiger partial charge on any atom is -0.370 e. The molecule has 2 atom stereocenters. The van der Waals surface area contributed by atoms with E-state index in [2.05, 4.69) is 18.9 Å². The number of rotatable bonds is 2. The van der Waals surface area contributed by atoms with E-state index in [0.717, 1.165) is 11.9 Å². The molecular weight excluding hydrogens is 210 g/mol. The summed E-state index contributed by atoms with van der Waals surface area (Å²) in [7, 11) is 2.13. The number of hydrogen-bond acceptors (Lipinski definition) is 1. The van der Waals surface area contributed by atoms with Crippen LogP contribution in [0.4, 0.5) is 0 Å². The molecule has 0 heterocycles. The second-order valence-corrected chi connectivity index (χ2v) is 5.87. The van der Waals surface area contributed by atoms with Gasteiger partial charge in [0, 0.05) is 13.1 Å². The molecule has 0 aromatic rings. The molecule has 0 aromatic heterocycles. The van der Waals surface area contributed by atoms with Gasteiger partial charge in [-0.05, 0) is 31.6 Å². The van der Waals surface area contributed by atoms with E-state index in [1.807, 2.05) is 0 Å². The zero-order valence-electron chi connectivity index (χ0n) is 11.4. The van der Waals surface area contributed by atoms with Crippen molar-refractivity contribution in [3.05, 3.63) is 0 Å². The average molecular weight is 237 g/mol. The summed E-state index contributed by atoms with van der Waals surface area (Å²) in [4.78, 5) is 6.94. The van der Waals surface area contributed by atoms with Crippen molar-refractivity contribution in [2.75, 3.05) is 7.05 Å². The standard InChI is InChI=1S/C14H27N3/c1-11-7-3-6-10-13(11)17(2)14(15)16-12-8-4-5-9-12/h11-13H,3-10H2,1-2H3,(H2,15,16). The third kappa shape index (κ3) is 3.14. The molecule has 0 bridgehead atoms. The third-order valence-corrected chi connectivity index (χ3v) is 4.56. The van der Waals surface area contributed by atoms with Gasteiger partial charge in [-0.15, -0.1) is 0 Å². The molecule has 0 aromatic carbocycles. The lowest BCUT2D eigenvalue weighted by Gasteiger charge is -2.37. The lowest BCUT2D eigenvalue weighted by molar-refractivity contribution is 0.203. The number of nitrogens with zero attached hydrogens (tertiary/aromatic N) is 2. The highest BCUT2D eigenvalue weighted by molar-refractivity contribution is 5.78. The summed E-state index contributed by atoms with van der Waals surface area (Å²) in [5, 5.41) is 0. The Labute approximate surface area is 105 Å². The van der Waals surface area contributed by atoms with E-state index >= 15 is 0 Å². The van der Waals surface area contributed by atoms with E-state index in [-0.39, 0.29) is 0 Å². The fourth-order valence-corrected chi connectivity index (χ4v) is 3.35. The first kappa shape index (κ1) is 12.7. The fourth-order valence-electron chi connectivity index (χ4n) is 3.35. The molecule has 0 spiro atoms. The van der Waals surface area contributed by atoms with Gasteiger partial charge in [-0.3, -0.25) is 0 Å². The molecule has 3 nitrogen and oxygen atoms in total. The molecule has 0 radical (unpaired) electrons. The van der Waals surface area contributed by atoms with Crippen molar-refractivity contribution < 1.29 is 0 Å². The molecule has 0 aliphatic heterocycles. The highest BCUT2D eigenvalue weighted by Crippen LogP contribution is 2.27. The average Bonchev–Trinajstić information content (AvgIpc) is 2.81. The van der Waals surface area contributed by atoms with Crippen molar-refractivity contribution in [2.45, 2.75) is 70.4 Å². The zero-order valence-corrected chi connectivity index (χ0v) is 11.4. The molecule has 17 heavy (non-hydrogen) atoms. The Hall–Kier alpha value is -0.730. The number of hydrogen-bond donors (Lipinski definition) is 1. The molecule has 2 rings (SSSR count). The van der Waals surface area contributed by atoms with E-state index in [4.69, 9.17) is 10.7 Å². The van der Waals surface area contributed by atoms with Crippen molar-refractivity contribution >= 4 is 5.96 Å². The SMILES string of the molecule is CC1CCCCC1N(C)C(N)=NC1CCCC1. The van der Waals surface area contributed by atoms with Crippen LogP contribution in [-0.2, 0) is 0 Å². The molecule has 2 saturated carbocycles. The van der Waals surface area contributed by atoms with Crippen molar-refractivity contribution in [2.24, 2.45) is 16.6 Å². The topological polar surface area (TPSA) is 41.6 Å². The zero-order chi connectivity index (χ0) is 12.3. The Balaban J connectivity index is 1.94. The largest absolute Gasteiger partial charge is 0.370 e.